The van der Waals surface area contributed by atoms with Crippen LogP contribution in [0.4, 0.5) is 15.5 Å². The fourth-order valence-corrected chi connectivity index (χ4v) is 4.04. The number of carbonyl (C=O) groups is 3. The van der Waals surface area contributed by atoms with E-state index in [1.54, 1.807) is 48.2 Å². The SMILES string of the molecule is CN(C)C(=O)C1CCN(C(=O)c2ccc(NC(=O)Nc3ccccc3)s2)CC1. The van der Waals surface area contributed by atoms with Crippen LogP contribution >= 0.6 is 11.3 Å². The van der Waals surface area contributed by atoms with Crippen molar-refractivity contribution in [3.05, 3.63) is 47.3 Å². The molecule has 4 amide bonds. The quantitative estimate of drug-likeness (QED) is 0.826. The van der Waals surface area contributed by atoms with Crippen molar-refractivity contribution in [1.29, 1.82) is 0 Å². The van der Waals surface area contributed by atoms with Gasteiger partial charge in [0, 0.05) is 38.8 Å². The van der Waals surface area contributed by atoms with Crippen LogP contribution in [0, 0.1) is 5.92 Å². The Hall–Kier alpha value is -2.87. The standard InChI is InChI=1S/C20H24N4O3S/c1-23(2)18(25)14-10-12-24(13-11-14)19(26)16-8-9-17(28-16)22-20(27)21-15-6-4-3-5-7-15/h3-9,14H,10-13H2,1-2H3,(H2,21,22,27). The zero-order chi connectivity index (χ0) is 20.1. The number of likely N-dealkylation sites (tertiary alicyclic amines) is 1. The summed E-state index contributed by atoms with van der Waals surface area (Å²) in [5.74, 6) is 0.0534. The molecule has 7 nitrogen and oxygen atoms in total. The highest BCUT2D eigenvalue weighted by Gasteiger charge is 2.29. The number of rotatable bonds is 4. The zero-order valence-electron chi connectivity index (χ0n) is 16.0. The molecule has 0 spiro atoms. The molecule has 3 rings (SSSR count). The van der Waals surface area contributed by atoms with E-state index in [1.807, 2.05) is 18.2 Å². The maximum absolute atomic E-state index is 12.7. The first kappa shape index (κ1) is 19.9. The number of benzene rings is 1. The second-order valence-electron chi connectivity index (χ2n) is 6.91. The second-order valence-corrected chi connectivity index (χ2v) is 7.99. The van der Waals surface area contributed by atoms with Crippen molar-refractivity contribution in [1.82, 2.24) is 9.80 Å². The lowest BCUT2D eigenvalue weighted by atomic mass is 9.95. The number of carbonyl (C=O) groups excluding carboxylic acids is 3. The lowest BCUT2D eigenvalue weighted by Gasteiger charge is -2.32. The topological polar surface area (TPSA) is 81.8 Å². The first-order chi connectivity index (χ1) is 13.4. The lowest BCUT2D eigenvalue weighted by Crippen LogP contribution is -2.42. The van der Waals surface area contributed by atoms with Crippen molar-refractivity contribution in [3.63, 3.8) is 0 Å². The van der Waals surface area contributed by atoms with Gasteiger partial charge in [-0.15, -0.1) is 11.3 Å². The van der Waals surface area contributed by atoms with Gasteiger partial charge < -0.3 is 15.1 Å². The highest BCUT2D eigenvalue weighted by atomic mass is 32.1. The van der Waals surface area contributed by atoms with E-state index in [-0.39, 0.29) is 23.8 Å². The Morgan fingerprint density at radius 3 is 2.32 bits per heavy atom. The first-order valence-electron chi connectivity index (χ1n) is 9.17. The number of anilines is 2. The minimum atomic E-state index is -0.352. The van der Waals surface area contributed by atoms with E-state index in [0.29, 0.717) is 41.5 Å². The normalized spacial score (nSPS) is 14.4. The highest BCUT2D eigenvalue weighted by molar-refractivity contribution is 7.18. The lowest BCUT2D eigenvalue weighted by molar-refractivity contribution is -0.134. The molecule has 1 fully saturated rings. The Bertz CT molecular complexity index is 842. The van der Waals surface area contributed by atoms with Gasteiger partial charge in [-0.2, -0.15) is 0 Å². The van der Waals surface area contributed by atoms with E-state index < -0.39 is 0 Å². The summed E-state index contributed by atoms with van der Waals surface area (Å²) < 4.78 is 0. The molecule has 0 bridgehead atoms. The van der Waals surface area contributed by atoms with Crippen molar-refractivity contribution in [2.24, 2.45) is 5.92 Å². The van der Waals surface area contributed by atoms with E-state index in [0.717, 1.165) is 0 Å². The van der Waals surface area contributed by atoms with Gasteiger partial charge in [0.1, 0.15) is 0 Å². The third-order valence-electron chi connectivity index (χ3n) is 4.66. The number of amides is 4. The van der Waals surface area contributed by atoms with Gasteiger partial charge in [0.25, 0.3) is 5.91 Å². The number of para-hydroxylation sites is 1. The smallest absolute Gasteiger partial charge is 0.324 e. The molecule has 1 aliphatic rings. The van der Waals surface area contributed by atoms with Crippen LogP contribution in [0.3, 0.4) is 0 Å². The number of piperidine rings is 1. The van der Waals surface area contributed by atoms with E-state index in [4.69, 9.17) is 0 Å². The fraction of sp³-hybridized carbons (Fsp3) is 0.350. The van der Waals surface area contributed by atoms with E-state index >= 15 is 0 Å². The molecule has 1 aliphatic heterocycles. The summed E-state index contributed by atoms with van der Waals surface area (Å²) in [4.78, 5) is 40.8. The minimum Gasteiger partial charge on any atom is -0.349 e. The third kappa shape index (κ3) is 4.89. The molecule has 2 N–H and O–H groups in total. The molecule has 0 atom stereocenters. The summed E-state index contributed by atoms with van der Waals surface area (Å²) in [7, 11) is 3.52. The molecule has 28 heavy (non-hydrogen) atoms. The third-order valence-corrected chi connectivity index (χ3v) is 5.65. The maximum atomic E-state index is 12.7. The van der Waals surface area contributed by atoms with Crippen LogP contribution in [0.2, 0.25) is 0 Å². The summed E-state index contributed by atoms with van der Waals surface area (Å²) in [5, 5.41) is 6.10. The summed E-state index contributed by atoms with van der Waals surface area (Å²) >= 11 is 1.25. The van der Waals surface area contributed by atoms with Crippen LogP contribution in [-0.2, 0) is 4.79 Å². The van der Waals surface area contributed by atoms with Gasteiger partial charge in [-0.3, -0.25) is 14.9 Å². The molecule has 1 aromatic carbocycles. The Balaban J connectivity index is 1.53. The molecule has 1 saturated heterocycles. The molecule has 0 unspecified atom stereocenters. The van der Waals surface area contributed by atoms with Gasteiger partial charge >= 0.3 is 6.03 Å². The van der Waals surface area contributed by atoms with E-state index in [2.05, 4.69) is 10.6 Å². The van der Waals surface area contributed by atoms with Gasteiger partial charge in [-0.05, 0) is 37.1 Å². The number of hydrogen-bond donors (Lipinski definition) is 2. The average molecular weight is 401 g/mol. The Morgan fingerprint density at radius 1 is 1.00 bits per heavy atom. The molecular formula is C20H24N4O3S. The number of nitrogens with one attached hydrogen (secondary N) is 2. The summed E-state index contributed by atoms with van der Waals surface area (Å²) in [6, 6.07) is 12.3. The maximum Gasteiger partial charge on any atom is 0.324 e. The van der Waals surface area contributed by atoms with Crippen molar-refractivity contribution in [3.8, 4) is 0 Å². The van der Waals surface area contributed by atoms with Crippen LogP contribution in [0.1, 0.15) is 22.5 Å². The molecule has 148 valence electrons. The molecule has 0 radical (unpaired) electrons. The van der Waals surface area contributed by atoms with Crippen molar-refractivity contribution in [2.75, 3.05) is 37.8 Å². The van der Waals surface area contributed by atoms with Crippen LogP contribution in [-0.4, -0.2) is 54.8 Å². The molecule has 2 heterocycles. The minimum absolute atomic E-state index is 0.0127. The average Bonchev–Trinajstić information content (AvgIpc) is 3.16. The first-order valence-corrected chi connectivity index (χ1v) is 9.99. The predicted molar refractivity (Wildman–Crippen MR) is 111 cm³/mol. The van der Waals surface area contributed by atoms with Crippen molar-refractivity contribution < 1.29 is 14.4 Å². The van der Waals surface area contributed by atoms with Gasteiger partial charge in [-0.1, -0.05) is 18.2 Å². The van der Waals surface area contributed by atoms with Crippen molar-refractivity contribution >= 4 is 39.9 Å². The Morgan fingerprint density at radius 2 is 1.68 bits per heavy atom. The van der Waals surface area contributed by atoms with Crippen LogP contribution in [0.5, 0.6) is 0 Å². The summed E-state index contributed by atoms with van der Waals surface area (Å²) in [6.07, 6.45) is 1.36. The van der Waals surface area contributed by atoms with Crippen LogP contribution in [0.15, 0.2) is 42.5 Å². The van der Waals surface area contributed by atoms with Crippen LogP contribution < -0.4 is 10.6 Å². The summed E-state index contributed by atoms with van der Waals surface area (Å²) in [6.45, 7) is 1.14. The van der Waals surface area contributed by atoms with Crippen molar-refractivity contribution in [2.45, 2.75) is 12.8 Å². The monoisotopic (exact) mass is 400 g/mol. The van der Waals surface area contributed by atoms with Gasteiger partial charge in [0.15, 0.2) is 0 Å². The highest BCUT2D eigenvalue weighted by Crippen LogP contribution is 2.26. The van der Waals surface area contributed by atoms with E-state index in [1.165, 1.54) is 11.3 Å². The predicted octanol–water partition coefficient (Wildman–Crippen LogP) is 3.33. The number of nitrogens with zero attached hydrogens (tertiary/aromatic N) is 2. The molecule has 0 aliphatic carbocycles. The second kappa shape index (κ2) is 8.88. The Labute approximate surface area is 168 Å². The number of hydrogen-bond acceptors (Lipinski definition) is 4. The van der Waals surface area contributed by atoms with Gasteiger partial charge in [0.05, 0.1) is 9.88 Å². The zero-order valence-corrected chi connectivity index (χ0v) is 16.8. The summed E-state index contributed by atoms with van der Waals surface area (Å²) in [5.41, 5.74) is 0.697. The number of thiophene rings is 1. The number of urea groups is 1. The largest absolute Gasteiger partial charge is 0.349 e. The van der Waals surface area contributed by atoms with Gasteiger partial charge in [0.2, 0.25) is 5.91 Å². The molecule has 8 heteroatoms. The molecule has 2 aromatic rings. The fourth-order valence-electron chi connectivity index (χ4n) is 3.17. The van der Waals surface area contributed by atoms with Gasteiger partial charge in [-0.25, -0.2) is 4.79 Å². The molecule has 0 saturated carbocycles. The Kier molecular flexibility index (Phi) is 6.30. The molecular weight excluding hydrogens is 376 g/mol. The molecule has 1 aromatic heterocycles. The van der Waals surface area contributed by atoms with Crippen LogP contribution in [0.25, 0.3) is 0 Å². The van der Waals surface area contributed by atoms with E-state index in [9.17, 15) is 14.4 Å².